The van der Waals surface area contributed by atoms with Gasteiger partial charge >= 0.3 is 0 Å². The van der Waals surface area contributed by atoms with Gasteiger partial charge in [0.05, 0.1) is 11.1 Å². The molecular formula is C11H16N4O2S2. The number of rotatable bonds is 4. The fraction of sp³-hybridized carbons (Fsp3) is 0.455. The number of sulfonamides is 1. The molecule has 6 nitrogen and oxygen atoms in total. The Bertz CT molecular complexity index is 709. The van der Waals surface area contributed by atoms with Gasteiger partial charge in [0.2, 0.25) is 10.0 Å². The Kier molecular flexibility index (Phi) is 3.75. The highest BCUT2D eigenvalue weighted by atomic mass is 32.2. The van der Waals surface area contributed by atoms with Crippen LogP contribution < -0.4 is 10.0 Å². The van der Waals surface area contributed by atoms with Crippen LogP contribution in [0.1, 0.15) is 10.4 Å². The molecule has 2 aromatic rings. The third kappa shape index (κ3) is 3.02. The van der Waals surface area contributed by atoms with Crippen molar-refractivity contribution in [2.24, 2.45) is 5.14 Å². The first-order chi connectivity index (χ1) is 8.79. The first kappa shape index (κ1) is 14.2. The summed E-state index contributed by atoms with van der Waals surface area (Å²) in [6.45, 7) is 4.36. The second kappa shape index (κ2) is 5.03. The van der Waals surface area contributed by atoms with Gasteiger partial charge in [-0.2, -0.15) is 0 Å². The van der Waals surface area contributed by atoms with E-state index in [-0.39, 0.29) is 5.75 Å². The number of thiophene rings is 1. The molecule has 0 aromatic carbocycles. The largest absolute Gasteiger partial charge is 0.358 e. The highest BCUT2D eigenvalue weighted by molar-refractivity contribution is 7.89. The molecule has 0 aliphatic carbocycles. The van der Waals surface area contributed by atoms with Crippen molar-refractivity contribution in [3.8, 4) is 0 Å². The van der Waals surface area contributed by atoms with Crippen LogP contribution in [0.15, 0.2) is 6.33 Å². The van der Waals surface area contributed by atoms with E-state index < -0.39 is 10.0 Å². The average Bonchev–Trinajstić information content (AvgIpc) is 2.61. The highest BCUT2D eigenvalue weighted by Gasteiger charge is 2.15. The van der Waals surface area contributed by atoms with Crippen LogP contribution in [-0.4, -0.2) is 37.7 Å². The van der Waals surface area contributed by atoms with Gasteiger partial charge in [0.15, 0.2) is 0 Å². The zero-order valence-electron chi connectivity index (χ0n) is 11.0. The minimum Gasteiger partial charge on any atom is -0.358 e. The van der Waals surface area contributed by atoms with Gasteiger partial charge in [0.1, 0.15) is 17.0 Å². The van der Waals surface area contributed by atoms with Gasteiger partial charge in [0.25, 0.3) is 0 Å². The van der Waals surface area contributed by atoms with Crippen molar-refractivity contribution in [1.82, 2.24) is 9.97 Å². The second-order valence-corrected chi connectivity index (χ2v) is 7.39. The van der Waals surface area contributed by atoms with E-state index in [4.69, 9.17) is 5.14 Å². The fourth-order valence-electron chi connectivity index (χ4n) is 1.82. The fourth-order valence-corrected chi connectivity index (χ4v) is 3.34. The van der Waals surface area contributed by atoms with Crippen molar-refractivity contribution in [3.63, 3.8) is 0 Å². The Morgan fingerprint density at radius 2 is 2.05 bits per heavy atom. The van der Waals surface area contributed by atoms with Crippen molar-refractivity contribution in [1.29, 1.82) is 0 Å². The lowest BCUT2D eigenvalue weighted by Crippen LogP contribution is -2.29. The van der Waals surface area contributed by atoms with Gasteiger partial charge in [-0.1, -0.05) is 0 Å². The lowest BCUT2D eigenvalue weighted by atomic mass is 10.2. The molecule has 2 N–H and O–H groups in total. The molecular weight excluding hydrogens is 284 g/mol. The summed E-state index contributed by atoms with van der Waals surface area (Å²) in [4.78, 5) is 12.4. The number of anilines is 1. The molecule has 0 saturated heterocycles. The average molecular weight is 300 g/mol. The quantitative estimate of drug-likeness (QED) is 0.911. The molecule has 0 radical (unpaired) electrons. The zero-order chi connectivity index (χ0) is 14.2. The molecule has 2 rings (SSSR count). The molecule has 0 bridgehead atoms. The van der Waals surface area contributed by atoms with E-state index in [0.717, 1.165) is 21.6 Å². The summed E-state index contributed by atoms with van der Waals surface area (Å²) in [5.41, 5.74) is 1.14. The number of nitrogens with two attached hydrogens (primary N) is 1. The van der Waals surface area contributed by atoms with E-state index >= 15 is 0 Å². The number of aryl methyl sites for hydroxylation is 2. The number of primary sulfonamides is 1. The first-order valence-electron chi connectivity index (χ1n) is 5.72. The van der Waals surface area contributed by atoms with Crippen LogP contribution in [0, 0.1) is 13.8 Å². The number of hydrogen-bond acceptors (Lipinski definition) is 6. The maximum Gasteiger partial charge on any atom is 0.210 e. The number of hydrogen-bond donors (Lipinski definition) is 1. The SMILES string of the molecule is Cc1sc2ncnc(N(C)CCS(N)(=O)=O)c2c1C. The maximum absolute atomic E-state index is 11.0. The standard InChI is InChI=1S/C11H16N4O2S2/c1-7-8(2)18-11-9(7)10(13-6-14-11)15(3)4-5-19(12,16)17/h6H,4-5H2,1-3H3,(H2,12,16,17). The molecule has 0 saturated carbocycles. The number of nitrogens with zero attached hydrogens (tertiary/aromatic N) is 3. The zero-order valence-corrected chi connectivity index (χ0v) is 12.7. The number of fused-ring (bicyclic) bond motifs is 1. The lowest BCUT2D eigenvalue weighted by Gasteiger charge is -2.18. The summed E-state index contributed by atoms with van der Waals surface area (Å²) >= 11 is 1.61. The van der Waals surface area contributed by atoms with Crippen molar-refractivity contribution in [2.75, 3.05) is 24.2 Å². The third-order valence-electron chi connectivity index (χ3n) is 3.02. The van der Waals surface area contributed by atoms with Gasteiger partial charge in [-0.3, -0.25) is 0 Å². The molecule has 0 amide bonds. The van der Waals surface area contributed by atoms with Crippen molar-refractivity contribution >= 4 is 37.4 Å². The van der Waals surface area contributed by atoms with Gasteiger partial charge in [-0.05, 0) is 19.4 Å². The summed E-state index contributed by atoms with van der Waals surface area (Å²) in [5, 5.41) is 6.01. The normalized spacial score (nSPS) is 12.0. The summed E-state index contributed by atoms with van der Waals surface area (Å²) in [6.07, 6.45) is 1.50. The minimum atomic E-state index is -3.47. The van der Waals surface area contributed by atoms with Crippen LogP contribution in [0.5, 0.6) is 0 Å². The lowest BCUT2D eigenvalue weighted by molar-refractivity contribution is 0.597. The first-order valence-corrected chi connectivity index (χ1v) is 8.25. The molecule has 2 aromatic heterocycles. The molecule has 0 fully saturated rings. The van der Waals surface area contributed by atoms with Crippen LogP contribution in [0.4, 0.5) is 5.82 Å². The van der Waals surface area contributed by atoms with E-state index in [1.807, 2.05) is 13.8 Å². The second-order valence-electron chi connectivity index (χ2n) is 4.45. The van der Waals surface area contributed by atoms with E-state index in [1.54, 1.807) is 23.3 Å². The predicted molar refractivity (Wildman–Crippen MR) is 78.1 cm³/mol. The molecule has 104 valence electrons. The Balaban J connectivity index is 2.39. The molecule has 2 heterocycles. The molecule has 0 atom stereocenters. The third-order valence-corrected chi connectivity index (χ3v) is 4.88. The Morgan fingerprint density at radius 3 is 2.68 bits per heavy atom. The van der Waals surface area contributed by atoms with E-state index in [1.165, 1.54) is 11.2 Å². The van der Waals surface area contributed by atoms with Crippen LogP contribution in [0.2, 0.25) is 0 Å². The van der Waals surface area contributed by atoms with Gasteiger partial charge < -0.3 is 4.90 Å². The van der Waals surface area contributed by atoms with Crippen LogP contribution in [0.3, 0.4) is 0 Å². The topological polar surface area (TPSA) is 89.2 Å². The van der Waals surface area contributed by atoms with Gasteiger partial charge in [-0.25, -0.2) is 23.5 Å². The van der Waals surface area contributed by atoms with Crippen molar-refractivity contribution < 1.29 is 8.42 Å². The summed E-state index contributed by atoms with van der Waals surface area (Å²) < 4.78 is 22.0. The van der Waals surface area contributed by atoms with E-state index in [0.29, 0.717) is 6.54 Å². The van der Waals surface area contributed by atoms with Crippen molar-refractivity contribution in [2.45, 2.75) is 13.8 Å². The van der Waals surface area contributed by atoms with E-state index in [9.17, 15) is 8.42 Å². The molecule has 19 heavy (non-hydrogen) atoms. The highest BCUT2D eigenvalue weighted by Crippen LogP contribution is 2.33. The maximum atomic E-state index is 11.0. The molecule has 0 unspecified atom stereocenters. The van der Waals surface area contributed by atoms with Gasteiger partial charge in [0, 0.05) is 18.5 Å². The van der Waals surface area contributed by atoms with Crippen LogP contribution in [0.25, 0.3) is 10.2 Å². The minimum absolute atomic E-state index is 0.100. The summed E-state index contributed by atoms with van der Waals surface area (Å²) in [6, 6.07) is 0. The predicted octanol–water partition coefficient (Wildman–Crippen LogP) is 1.03. The number of aromatic nitrogens is 2. The van der Waals surface area contributed by atoms with Crippen LogP contribution >= 0.6 is 11.3 Å². The summed E-state index contributed by atoms with van der Waals surface area (Å²) in [7, 11) is -1.66. The van der Waals surface area contributed by atoms with Crippen LogP contribution in [-0.2, 0) is 10.0 Å². The smallest absolute Gasteiger partial charge is 0.210 e. The van der Waals surface area contributed by atoms with E-state index in [2.05, 4.69) is 9.97 Å². The van der Waals surface area contributed by atoms with Crippen molar-refractivity contribution in [3.05, 3.63) is 16.8 Å². The Labute approximate surface area is 116 Å². The molecule has 8 heteroatoms. The Morgan fingerprint density at radius 1 is 1.37 bits per heavy atom. The molecule has 0 aliphatic rings. The monoisotopic (exact) mass is 300 g/mol. The molecule has 0 spiro atoms. The molecule has 0 aliphatic heterocycles. The summed E-state index contributed by atoms with van der Waals surface area (Å²) in [5.74, 6) is 0.646. The Hall–Kier alpha value is -1.25. The van der Waals surface area contributed by atoms with Gasteiger partial charge in [-0.15, -0.1) is 11.3 Å².